The van der Waals surface area contributed by atoms with E-state index in [4.69, 9.17) is 5.73 Å². The number of hydrogen-bond donors (Lipinski definition) is 1. The zero-order chi connectivity index (χ0) is 13.6. The normalized spacial score (nSPS) is 19.8. The number of anilines is 1. The zero-order valence-electron chi connectivity index (χ0n) is 10.2. The van der Waals surface area contributed by atoms with Gasteiger partial charge in [0.15, 0.2) is 5.82 Å². The Morgan fingerprint density at radius 2 is 2.00 bits per heavy atom. The number of aromatic nitrogens is 2. The molecule has 0 radical (unpaired) electrons. The SMILES string of the molecule is Nc1nc2c(F)cccc2n1C1CCS(=O)(=O)CC1. The van der Waals surface area contributed by atoms with Crippen molar-refractivity contribution in [2.45, 2.75) is 18.9 Å². The molecule has 102 valence electrons. The maximum Gasteiger partial charge on any atom is 0.201 e. The molecule has 0 spiro atoms. The second-order valence-electron chi connectivity index (χ2n) is 4.83. The molecule has 7 heteroatoms. The van der Waals surface area contributed by atoms with E-state index in [1.54, 1.807) is 16.7 Å². The quantitative estimate of drug-likeness (QED) is 0.860. The molecule has 19 heavy (non-hydrogen) atoms. The van der Waals surface area contributed by atoms with Gasteiger partial charge in [-0.3, -0.25) is 0 Å². The summed E-state index contributed by atoms with van der Waals surface area (Å²) in [6.07, 6.45) is 0.989. The van der Waals surface area contributed by atoms with Gasteiger partial charge in [0.05, 0.1) is 17.0 Å². The average Bonchev–Trinajstić information content (AvgIpc) is 2.68. The summed E-state index contributed by atoms with van der Waals surface area (Å²) in [6.45, 7) is 0. The van der Waals surface area contributed by atoms with Crippen LogP contribution in [0, 0.1) is 5.82 Å². The van der Waals surface area contributed by atoms with Gasteiger partial charge in [0, 0.05) is 6.04 Å². The molecule has 5 nitrogen and oxygen atoms in total. The highest BCUT2D eigenvalue weighted by atomic mass is 32.2. The summed E-state index contributed by atoms with van der Waals surface area (Å²) in [5.74, 6) is 0.119. The van der Waals surface area contributed by atoms with Crippen molar-refractivity contribution < 1.29 is 12.8 Å². The van der Waals surface area contributed by atoms with E-state index >= 15 is 0 Å². The van der Waals surface area contributed by atoms with Gasteiger partial charge < -0.3 is 10.3 Å². The first kappa shape index (κ1) is 12.4. The van der Waals surface area contributed by atoms with Crippen LogP contribution in [0.15, 0.2) is 18.2 Å². The lowest BCUT2D eigenvalue weighted by molar-refractivity contribution is 0.463. The molecule has 0 aliphatic carbocycles. The van der Waals surface area contributed by atoms with E-state index < -0.39 is 15.7 Å². The van der Waals surface area contributed by atoms with Crippen LogP contribution in [0.2, 0.25) is 0 Å². The van der Waals surface area contributed by atoms with Crippen molar-refractivity contribution in [3.05, 3.63) is 24.0 Å². The van der Waals surface area contributed by atoms with Crippen molar-refractivity contribution >= 4 is 26.8 Å². The lowest BCUT2D eigenvalue weighted by atomic mass is 10.1. The van der Waals surface area contributed by atoms with Gasteiger partial charge in [-0.25, -0.2) is 17.8 Å². The van der Waals surface area contributed by atoms with Crippen LogP contribution in [0.1, 0.15) is 18.9 Å². The van der Waals surface area contributed by atoms with Crippen molar-refractivity contribution in [3.63, 3.8) is 0 Å². The summed E-state index contributed by atoms with van der Waals surface area (Å²) >= 11 is 0. The Kier molecular flexibility index (Phi) is 2.74. The average molecular weight is 283 g/mol. The van der Waals surface area contributed by atoms with Crippen molar-refractivity contribution in [3.8, 4) is 0 Å². The lowest BCUT2D eigenvalue weighted by Crippen LogP contribution is -2.26. The molecule has 0 unspecified atom stereocenters. The van der Waals surface area contributed by atoms with Crippen LogP contribution < -0.4 is 5.73 Å². The Hall–Kier alpha value is -1.63. The first-order valence-corrected chi connectivity index (χ1v) is 7.92. The van der Waals surface area contributed by atoms with Crippen LogP contribution in [0.4, 0.5) is 10.3 Å². The van der Waals surface area contributed by atoms with Crippen molar-refractivity contribution in [2.75, 3.05) is 17.2 Å². The van der Waals surface area contributed by atoms with Gasteiger partial charge in [0.2, 0.25) is 5.95 Å². The third-order valence-corrected chi connectivity index (χ3v) is 5.30. The van der Waals surface area contributed by atoms with Gasteiger partial charge in [-0.15, -0.1) is 0 Å². The van der Waals surface area contributed by atoms with Gasteiger partial charge in [0.25, 0.3) is 0 Å². The van der Waals surface area contributed by atoms with Gasteiger partial charge in [0.1, 0.15) is 15.4 Å². The van der Waals surface area contributed by atoms with Gasteiger partial charge in [-0.2, -0.15) is 0 Å². The summed E-state index contributed by atoms with van der Waals surface area (Å²) in [6, 6.07) is 4.67. The van der Waals surface area contributed by atoms with Crippen LogP contribution in [0.3, 0.4) is 0 Å². The number of nitrogen functional groups attached to an aromatic ring is 1. The van der Waals surface area contributed by atoms with Crippen molar-refractivity contribution in [1.82, 2.24) is 9.55 Å². The minimum Gasteiger partial charge on any atom is -0.369 e. The minimum atomic E-state index is -2.93. The Balaban J connectivity index is 2.06. The van der Waals surface area contributed by atoms with Crippen LogP contribution in [-0.4, -0.2) is 29.5 Å². The van der Waals surface area contributed by atoms with E-state index in [0.717, 1.165) is 0 Å². The molecule has 1 aliphatic rings. The first-order valence-electron chi connectivity index (χ1n) is 6.10. The minimum absolute atomic E-state index is 0.0321. The van der Waals surface area contributed by atoms with Crippen LogP contribution in [0.25, 0.3) is 11.0 Å². The first-order chi connectivity index (χ1) is 8.98. The summed E-state index contributed by atoms with van der Waals surface area (Å²) in [7, 11) is -2.93. The smallest absolute Gasteiger partial charge is 0.201 e. The van der Waals surface area contributed by atoms with Crippen molar-refractivity contribution in [1.29, 1.82) is 0 Å². The third-order valence-electron chi connectivity index (χ3n) is 3.59. The monoisotopic (exact) mass is 283 g/mol. The van der Waals surface area contributed by atoms with E-state index in [-0.39, 0.29) is 29.0 Å². The molecule has 0 atom stereocenters. The molecule has 1 aliphatic heterocycles. The number of nitrogens with zero attached hydrogens (tertiary/aromatic N) is 2. The summed E-state index contributed by atoms with van der Waals surface area (Å²) < 4.78 is 38.3. The fraction of sp³-hybridized carbons (Fsp3) is 0.417. The Morgan fingerprint density at radius 1 is 1.32 bits per heavy atom. The number of sulfone groups is 1. The molecule has 0 amide bonds. The number of hydrogen-bond acceptors (Lipinski definition) is 4. The van der Waals surface area contributed by atoms with Gasteiger partial charge in [-0.1, -0.05) is 6.07 Å². The number of para-hydroxylation sites is 1. The highest BCUT2D eigenvalue weighted by Crippen LogP contribution is 2.31. The number of benzene rings is 1. The molecule has 1 aromatic heterocycles. The number of halogens is 1. The maximum atomic E-state index is 13.6. The summed E-state index contributed by atoms with van der Waals surface area (Å²) in [4.78, 5) is 4.04. The Morgan fingerprint density at radius 3 is 2.68 bits per heavy atom. The maximum absolute atomic E-state index is 13.6. The fourth-order valence-electron chi connectivity index (χ4n) is 2.62. The van der Waals surface area contributed by atoms with E-state index in [1.165, 1.54) is 6.07 Å². The largest absolute Gasteiger partial charge is 0.369 e. The topological polar surface area (TPSA) is 78.0 Å². The van der Waals surface area contributed by atoms with E-state index in [0.29, 0.717) is 18.4 Å². The molecule has 1 fully saturated rings. The summed E-state index contributed by atoms with van der Waals surface area (Å²) in [5, 5.41) is 0. The Labute approximate surface area is 110 Å². The van der Waals surface area contributed by atoms with Gasteiger partial charge in [-0.05, 0) is 25.0 Å². The van der Waals surface area contributed by atoms with Crippen LogP contribution in [0.5, 0.6) is 0 Å². The summed E-state index contributed by atoms with van der Waals surface area (Å²) in [5.41, 5.74) is 6.73. The zero-order valence-corrected chi connectivity index (χ0v) is 11.0. The van der Waals surface area contributed by atoms with Crippen LogP contribution >= 0.6 is 0 Å². The highest BCUT2D eigenvalue weighted by molar-refractivity contribution is 7.91. The molecule has 0 bridgehead atoms. The van der Waals surface area contributed by atoms with Crippen molar-refractivity contribution in [2.24, 2.45) is 0 Å². The lowest BCUT2D eigenvalue weighted by Gasteiger charge is -2.24. The number of fused-ring (bicyclic) bond motifs is 1. The molecule has 2 heterocycles. The van der Waals surface area contributed by atoms with E-state index in [9.17, 15) is 12.8 Å². The van der Waals surface area contributed by atoms with E-state index in [2.05, 4.69) is 4.98 Å². The molecule has 1 saturated heterocycles. The molecule has 1 aromatic carbocycles. The van der Waals surface area contributed by atoms with Gasteiger partial charge >= 0.3 is 0 Å². The molecular weight excluding hydrogens is 269 g/mol. The third kappa shape index (κ3) is 2.07. The predicted octanol–water partition coefficient (Wildman–Crippen LogP) is 1.51. The molecule has 2 N–H and O–H groups in total. The molecular formula is C12H14FN3O2S. The standard InChI is InChI=1S/C12H14FN3O2S/c13-9-2-1-3-10-11(9)15-12(14)16(10)8-4-6-19(17,18)7-5-8/h1-3,8H,4-7H2,(H2,14,15). The van der Waals surface area contributed by atoms with E-state index in [1.807, 2.05) is 0 Å². The van der Waals surface area contributed by atoms with Crippen LogP contribution in [-0.2, 0) is 9.84 Å². The Bertz CT molecular complexity index is 725. The highest BCUT2D eigenvalue weighted by Gasteiger charge is 2.27. The molecule has 0 saturated carbocycles. The fourth-order valence-corrected chi connectivity index (χ4v) is 4.09. The number of nitrogens with two attached hydrogens (primary N) is 1. The number of rotatable bonds is 1. The number of imidazole rings is 1. The second-order valence-corrected chi connectivity index (χ2v) is 7.13. The predicted molar refractivity (Wildman–Crippen MR) is 71.0 cm³/mol. The second kappa shape index (κ2) is 4.19. The molecule has 3 rings (SSSR count). The molecule has 2 aromatic rings.